The number of pyridine rings is 1. The van der Waals surface area contributed by atoms with E-state index in [2.05, 4.69) is 10.3 Å². The van der Waals surface area contributed by atoms with Crippen molar-refractivity contribution >= 4 is 28.5 Å². The molecule has 0 saturated carbocycles. The molecule has 0 unspecified atom stereocenters. The van der Waals surface area contributed by atoms with E-state index in [9.17, 15) is 19.2 Å². The molecule has 1 aliphatic heterocycles. The lowest BCUT2D eigenvalue weighted by atomic mass is 10.1. The minimum Gasteiger partial charge on any atom is -0.339 e. The standard InChI is InChI=1S/C24H24N6O4/c1-15-11-18(22(32)29-9-4-3-5-10-29)20-21(26-15)28(2)24(34)30(23(20)33)14-19(31)27-17-8-6-7-16(12-17)13-25/h6-8,11-12H,3-5,9-10,14H2,1-2H3,(H,27,31). The number of carbonyl (C=O) groups excluding carboxylic acids is 2. The first-order chi connectivity index (χ1) is 16.3. The highest BCUT2D eigenvalue weighted by Crippen LogP contribution is 2.19. The second kappa shape index (κ2) is 9.31. The molecule has 1 saturated heterocycles. The molecular formula is C24H24N6O4. The van der Waals surface area contributed by atoms with E-state index >= 15 is 0 Å². The molecule has 10 heteroatoms. The maximum Gasteiger partial charge on any atom is 0.332 e. The number of piperidine rings is 1. The van der Waals surface area contributed by atoms with E-state index in [0.29, 0.717) is 30.0 Å². The summed E-state index contributed by atoms with van der Waals surface area (Å²) in [7, 11) is 1.45. The van der Waals surface area contributed by atoms with Crippen LogP contribution in [-0.4, -0.2) is 43.9 Å². The number of rotatable bonds is 4. The average molecular weight is 460 g/mol. The molecule has 10 nitrogen and oxygen atoms in total. The second-order valence-electron chi connectivity index (χ2n) is 8.34. The second-order valence-corrected chi connectivity index (χ2v) is 8.34. The number of likely N-dealkylation sites (tertiary alicyclic amines) is 1. The highest BCUT2D eigenvalue weighted by molar-refractivity contribution is 6.05. The lowest BCUT2D eigenvalue weighted by Gasteiger charge is -2.27. The average Bonchev–Trinajstić information content (AvgIpc) is 2.85. The minimum atomic E-state index is -0.744. The van der Waals surface area contributed by atoms with E-state index in [1.54, 1.807) is 36.1 Å². The lowest BCUT2D eigenvalue weighted by molar-refractivity contribution is -0.116. The number of fused-ring (bicyclic) bond motifs is 1. The molecule has 2 aromatic heterocycles. The fraction of sp³-hybridized carbons (Fsp3) is 0.333. The van der Waals surface area contributed by atoms with Crippen LogP contribution in [0.1, 0.15) is 40.9 Å². The maximum atomic E-state index is 13.4. The Morgan fingerprint density at radius 2 is 1.88 bits per heavy atom. The maximum absolute atomic E-state index is 13.4. The van der Waals surface area contributed by atoms with Gasteiger partial charge in [-0.15, -0.1) is 0 Å². The van der Waals surface area contributed by atoms with Crippen LogP contribution in [0.25, 0.3) is 11.0 Å². The third-order valence-corrected chi connectivity index (χ3v) is 5.87. The molecule has 1 fully saturated rings. The van der Waals surface area contributed by atoms with Gasteiger partial charge in [0.15, 0.2) is 0 Å². The summed E-state index contributed by atoms with van der Waals surface area (Å²) in [6.07, 6.45) is 2.83. The van der Waals surface area contributed by atoms with Crippen molar-refractivity contribution < 1.29 is 9.59 Å². The van der Waals surface area contributed by atoms with Crippen molar-refractivity contribution in [1.29, 1.82) is 5.26 Å². The molecule has 1 aromatic carbocycles. The van der Waals surface area contributed by atoms with Gasteiger partial charge in [-0.05, 0) is 50.5 Å². The van der Waals surface area contributed by atoms with Gasteiger partial charge in [0, 0.05) is 31.5 Å². The van der Waals surface area contributed by atoms with Crippen LogP contribution in [0, 0.1) is 18.3 Å². The monoisotopic (exact) mass is 460 g/mol. The Morgan fingerprint density at radius 3 is 2.59 bits per heavy atom. The number of nitrogens with zero attached hydrogens (tertiary/aromatic N) is 5. The summed E-state index contributed by atoms with van der Waals surface area (Å²) in [6, 6.07) is 9.83. The quantitative estimate of drug-likeness (QED) is 0.629. The molecule has 0 aliphatic carbocycles. The minimum absolute atomic E-state index is 0.0163. The van der Waals surface area contributed by atoms with E-state index in [4.69, 9.17) is 5.26 Å². The van der Waals surface area contributed by atoms with Gasteiger partial charge in [-0.25, -0.2) is 9.78 Å². The Bertz CT molecular complexity index is 1460. The SMILES string of the molecule is Cc1cc(C(=O)N2CCCCC2)c2c(=O)n(CC(=O)Nc3cccc(C#N)c3)c(=O)n(C)c2n1. The summed E-state index contributed by atoms with van der Waals surface area (Å²) in [4.78, 5) is 58.4. The number of carbonyl (C=O) groups is 2. The van der Waals surface area contributed by atoms with Crippen molar-refractivity contribution in [2.45, 2.75) is 32.7 Å². The molecule has 34 heavy (non-hydrogen) atoms. The van der Waals surface area contributed by atoms with Crippen molar-refractivity contribution in [2.24, 2.45) is 7.05 Å². The number of hydrogen-bond acceptors (Lipinski definition) is 6. The number of nitriles is 1. The first-order valence-corrected chi connectivity index (χ1v) is 11.0. The third kappa shape index (κ3) is 4.32. The van der Waals surface area contributed by atoms with E-state index in [-0.39, 0.29) is 22.5 Å². The van der Waals surface area contributed by atoms with Crippen LogP contribution < -0.4 is 16.6 Å². The number of amides is 2. The van der Waals surface area contributed by atoms with Crippen molar-refractivity contribution in [3.8, 4) is 6.07 Å². The van der Waals surface area contributed by atoms with Crippen molar-refractivity contribution in [1.82, 2.24) is 19.0 Å². The Hall–Kier alpha value is -4.26. The molecule has 3 aromatic rings. The topological polar surface area (TPSA) is 130 Å². The van der Waals surface area contributed by atoms with Gasteiger partial charge in [-0.3, -0.25) is 23.5 Å². The molecule has 0 spiro atoms. The van der Waals surface area contributed by atoms with E-state index in [1.807, 2.05) is 6.07 Å². The summed E-state index contributed by atoms with van der Waals surface area (Å²) >= 11 is 0. The first kappa shape index (κ1) is 22.9. The zero-order valence-electron chi connectivity index (χ0n) is 19.0. The molecule has 1 N–H and O–H groups in total. The number of anilines is 1. The number of aryl methyl sites for hydroxylation is 2. The highest BCUT2D eigenvalue weighted by Gasteiger charge is 2.25. The van der Waals surface area contributed by atoms with Gasteiger partial charge in [0.25, 0.3) is 11.5 Å². The predicted octanol–water partition coefficient (Wildman–Crippen LogP) is 1.54. The zero-order valence-corrected chi connectivity index (χ0v) is 19.0. The van der Waals surface area contributed by atoms with Gasteiger partial charge < -0.3 is 10.2 Å². The molecule has 4 rings (SSSR count). The fourth-order valence-corrected chi connectivity index (χ4v) is 4.19. The van der Waals surface area contributed by atoms with Gasteiger partial charge in [0.1, 0.15) is 12.2 Å². The molecular weight excluding hydrogens is 436 g/mol. The number of nitrogens with one attached hydrogen (secondary N) is 1. The summed E-state index contributed by atoms with van der Waals surface area (Å²) in [5, 5.41) is 11.6. The lowest BCUT2D eigenvalue weighted by Crippen LogP contribution is -2.43. The van der Waals surface area contributed by atoms with Crippen molar-refractivity contribution in [2.75, 3.05) is 18.4 Å². The van der Waals surface area contributed by atoms with Crippen LogP contribution in [0.4, 0.5) is 5.69 Å². The van der Waals surface area contributed by atoms with E-state index in [0.717, 1.165) is 23.8 Å². The van der Waals surface area contributed by atoms with Crippen molar-refractivity contribution in [3.63, 3.8) is 0 Å². The van der Waals surface area contributed by atoms with Crippen LogP contribution in [0.15, 0.2) is 39.9 Å². The van der Waals surface area contributed by atoms with Gasteiger partial charge in [0.05, 0.1) is 22.6 Å². The largest absolute Gasteiger partial charge is 0.339 e. The van der Waals surface area contributed by atoms with Gasteiger partial charge in [-0.1, -0.05) is 6.07 Å². The summed E-state index contributed by atoms with van der Waals surface area (Å²) in [6.45, 7) is 2.35. The van der Waals surface area contributed by atoms with Crippen LogP contribution in [0.5, 0.6) is 0 Å². The number of hydrogen-bond donors (Lipinski definition) is 1. The fourth-order valence-electron chi connectivity index (χ4n) is 4.19. The molecule has 2 amide bonds. The summed E-state index contributed by atoms with van der Waals surface area (Å²) in [5.41, 5.74) is 0.0661. The number of benzene rings is 1. The van der Waals surface area contributed by atoms with Crippen LogP contribution in [0.2, 0.25) is 0 Å². The molecule has 1 aliphatic rings. The van der Waals surface area contributed by atoms with Gasteiger partial charge >= 0.3 is 5.69 Å². The van der Waals surface area contributed by atoms with Gasteiger partial charge in [0.2, 0.25) is 5.91 Å². The zero-order chi connectivity index (χ0) is 24.4. The summed E-state index contributed by atoms with van der Waals surface area (Å²) in [5.74, 6) is -0.895. The predicted molar refractivity (Wildman–Crippen MR) is 126 cm³/mol. The molecule has 0 atom stereocenters. The molecule has 3 heterocycles. The smallest absolute Gasteiger partial charge is 0.332 e. The Labute approximate surface area is 195 Å². The summed E-state index contributed by atoms with van der Waals surface area (Å²) < 4.78 is 1.98. The molecule has 0 bridgehead atoms. The van der Waals surface area contributed by atoms with E-state index in [1.165, 1.54) is 17.7 Å². The van der Waals surface area contributed by atoms with Crippen LogP contribution in [0.3, 0.4) is 0 Å². The number of aromatic nitrogens is 3. The third-order valence-electron chi connectivity index (χ3n) is 5.87. The Morgan fingerprint density at radius 1 is 1.15 bits per heavy atom. The molecule has 174 valence electrons. The Kier molecular flexibility index (Phi) is 6.27. The van der Waals surface area contributed by atoms with Gasteiger partial charge in [-0.2, -0.15) is 5.26 Å². The highest BCUT2D eigenvalue weighted by atomic mass is 16.2. The van der Waals surface area contributed by atoms with Crippen LogP contribution >= 0.6 is 0 Å². The van der Waals surface area contributed by atoms with Crippen LogP contribution in [-0.2, 0) is 18.4 Å². The van der Waals surface area contributed by atoms with E-state index < -0.39 is 23.7 Å². The van der Waals surface area contributed by atoms with Crippen molar-refractivity contribution in [3.05, 3.63) is 68.0 Å². The molecule has 0 radical (unpaired) electrons. The first-order valence-electron chi connectivity index (χ1n) is 11.0. The normalized spacial score (nSPS) is 13.5. The Balaban J connectivity index is 1.77.